The Bertz CT molecular complexity index is 1860. The molecule has 2 N–H and O–H groups in total. The zero-order valence-corrected chi connectivity index (χ0v) is 25.5. The van der Waals surface area contributed by atoms with E-state index in [0.29, 0.717) is 30.2 Å². The van der Waals surface area contributed by atoms with Crippen molar-refractivity contribution in [2.75, 3.05) is 29.4 Å². The van der Waals surface area contributed by atoms with Gasteiger partial charge in [-0.25, -0.2) is 17.2 Å². The Morgan fingerprint density at radius 2 is 1.73 bits per heavy atom. The SMILES string of the molecule is CC(=O)N1CC(c2cnc(-c3cc(C(=O)Nc4cc(Cl)cc(NS(C)(=O)=O)c4)cn3C)c(OCc3cc(F)cc(F)c3)c2)C1. The Morgan fingerprint density at radius 3 is 2.39 bits per heavy atom. The second kappa shape index (κ2) is 12.2. The van der Waals surface area contributed by atoms with E-state index in [4.69, 9.17) is 16.3 Å². The molecule has 0 radical (unpaired) electrons. The van der Waals surface area contributed by atoms with Gasteiger partial charge in [0.2, 0.25) is 15.9 Å². The molecule has 1 saturated heterocycles. The summed E-state index contributed by atoms with van der Waals surface area (Å²) in [6.45, 7) is 2.42. The highest BCUT2D eigenvalue weighted by molar-refractivity contribution is 7.92. The Hall–Kier alpha value is -4.49. The summed E-state index contributed by atoms with van der Waals surface area (Å²) in [7, 11) is -1.85. The minimum Gasteiger partial charge on any atom is -0.487 e. The van der Waals surface area contributed by atoms with Gasteiger partial charge in [0.15, 0.2) is 0 Å². The lowest BCUT2D eigenvalue weighted by Gasteiger charge is -2.38. The van der Waals surface area contributed by atoms with Gasteiger partial charge in [0, 0.05) is 62.1 Å². The van der Waals surface area contributed by atoms with Crippen LogP contribution in [-0.2, 0) is 28.5 Å². The molecule has 2 amide bonds. The molecule has 44 heavy (non-hydrogen) atoms. The van der Waals surface area contributed by atoms with Crippen molar-refractivity contribution in [1.29, 1.82) is 0 Å². The number of likely N-dealkylation sites (tertiary alicyclic amines) is 1. The van der Waals surface area contributed by atoms with Gasteiger partial charge in [-0.3, -0.25) is 19.3 Å². The lowest BCUT2D eigenvalue weighted by Crippen LogP contribution is -2.47. The van der Waals surface area contributed by atoms with Crippen molar-refractivity contribution < 1.29 is 31.5 Å². The molecular weight excluding hydrogens is 616 g/mol. The number of ether oxygens (including phenoxy) is 1. The molecule has 1 aliphatic rings. The van der Waals surface area contributed by atoms with Crippen LogP contribution in [0.2, 0.25) is 5.02 Å². The molecule has 230 valence electrons. The summed E-state index contributed by atoms with van der Waals surface area (Å²) >= 11 is 6.13. The Labute approximate surface area is 257 Å². The van der Waals surface area contributed by atoms with Gasteiger partial charge in [-0.05, 0) is 53.6 Å². The van der Waals surface area contributed by atoms with E-state index in [2.05, 4.69) is 15.0 Å². The number of carbonyl (C=O) groups excluding carboxylic acids is 2. The molecule has 0 bridgehead atoms. The number of halogens is 3. The third-order valence-electron chi connectivity index (χ3n) is 6.96. The molecule has 1 fully saturated rings. The van der Waals surface area contributed by atoms with Gasteiger partial charge in [-0.1, -0.05) is 11.6 Å². The number of pyridine rings is 1. The van der Waals surface area contributed by atoms with E-state index in [-0.39, 0.29) is 46.0 Å². The van der Waals surface area contributed by atoms with Gasteiger partial charge in [0.25, 0.3) is 5.91 Å². The van der Waals surface area contributed by atoms with Gasteiger partial charge >= 0.3 is 0 Å². The van der Waals surface area contributed by atoms with Crippen LogP contribution in [0.1, 0.15) is 34.3 Å². The number of rotatable bonds is 9. The fourth-order valence-corrected chi connectivity index (χ4v) is 5.63. The van der Waals surface area contributed by atoms with Gasteiger partial charge in [0.1, 0.15) is 29.7 Å². The van der Waals surface area contributed by atoms with Crippen molar-refractivity contribution in [1.82, 2.24) is 14.5 Å². The van der Waals surface area contributed by atoms with E-state index < -0.39 is 27.6 Å². The topological polar surface area (TPSA) is 123 Å². The minimum atomic E-state index is -3.57. The summed E-state index contributed by atoms with van der Waals surface area (Å²) in [6.07, 6.45) is 4.27. The average molecular weight is 644 g/mol. The van der Waals surface area contributed by atoms with E-state index >= 15 is 0 Å². The lowest BCUT2D eigenvalue weighted by molar-refractivity contribution is -0.133. The van der Waals surface area contributed by atoms with Gasteiger partial charge < -0.3 is 19.5 Å². The number of aromatic nitrogens is 2. The van der Waals surface area contributed by atoms with Gasteiger partial charge in [-0.15, -0.1) is 0 Å². The lowest BCUT2D eigenvalue weighted by atomic mass is 9.92. The van der Waals surface area contributed by atoms with E-state index in [1.165, 1.54) is 37.3 Å². The third kappa shape index (κ3) is 7.34. The molecule has 0 unspecified atom stereocenters. The Balaban J connectivity index is 1.43. The third-order valence-corrected chi connectivity index (χ3v) is 7.78. The average Bonchev–Trinajstić information content (AvgIpc) is 3.26. The first-order valence-corrected chi connectivity index (χ1v) is 15.6. The molecule has 5 rings (SSSR count). The summed E-state index contributed by atoms with van der Waals surface area (Å²) in [5.74, 6) is -1.60. The van der Waals surface area contributed by atoms with Gasteiger partial charge in [-0.2, -0.15) is 0 Å². The smallest absolute Gasteiger partial charge is 0.257 e. The molecule has 4 aromatic rings. The monoisotopic (exact) mass is 643 g/mol. The first-order valence-electron chi connectivity index (χ1n) is 13.3. The van der Waals surface area contributed by atoms with E-state index in [9.17, 15) is 26.8 Å². The Kier molecular flexibility index (Phi) is 8.62. The highest BCUT2D eigenvalue weighted by atomic mass is 35.5. The summed E-state index contributed by atoms with van der Waals surface area (Å²) < 4.78 is 60.9. The minimum absolute atomic E-state index is 0.0225. The maximum atomic E-state index is 13.8. The predicted octanol–water partition coefficient (Wildman–Crippen LogP) is 5.17. The van der Waals surface area contributed by atoms with Crippen LogP contribution in [0, 0.1) is 11.6 Å². The quantitative estimate of drug-likeness (QED) is 0.260. The number of nitrogens with zero attached hydrogens (tertiary/aromatic N) is 3. The van der Waals surface area contributed by atoms with Crippen LogP contribution in [0.25, 0.3) is 11.4 Å². The fraction of sp³-hybridized carbons (Fsp3) is 0.233. The summed E-state index contributed by atoms with van der Waals surface area (Å²) in [5, 5.41) is 2.93. The standard InChI is InChI=1S/C30H28ClF2N5O5S/c1-17(39)38-14-21(15-38)19-7-28(43-16-18-4-23(32)10-24(33)5-18)29(34-12-19)27-6-20(13-37(27)2)30(40)35-25-8-22(31)9-26(11-25)36-44(3,41)42/h4-13,21,36H,14-16H2,1-3H3,(H,35,40). The molecule has 1 aliphatic heterocycles. The molecule has 14 heteroatoms. The molecule has 2 aromatic heterocycles. The number of hydrogen-bond acceptors (Lipinski definition) is 6. The van der Waals surface area contributed by atoms with Crippen molar-refractivity contribution in [3.63, 3.8) is 0 Å². The number of hydrogen-bond donors (Lipinski definition) is 2. The largest absolute Gasteiger partial charge is 0.487 e. The van der Waals surface area contributed by atoms with Crippen LogP contribution in [0.4, 0.5) is 20.2 Å². The molecule has 2 aromatic carbocycles. The van der Waals surface area contributed by atoms with Crippen molar-refractivity contribution in [3.05, 3.63) is 94.3 Å². The molecule has 0 saturated carbocycles. The highest BCUT2D eigenvalue weighted by Gasteiger charge is 2.31. The maximum Gasteiger partial charge on any atom is 0.257 e. The molecule has 0 atom stereocenters. The second-order valence-electron chi connectivity index (χ2n) is 10.6. The van der Waals surface area contributed by atoms with Crippen LogP contribution < -0.4 is 14.8 Å². The van der Waals surface area contributed by atoms with Crippen LogP contribution in [0.5, 0.6) is 5.75 Å². The van der Waals surface area contributed by atoms with E-state index in [1.807, 2.05) is 0 Å². The first-order chi connectivity index (χ1) is 20.7. The fourth-order valence-electron chi connectivity index (χ4n) is 4.85. The molecule has 0 spiro atoms. The predicted molar refractivity (Wildman–Crippen MR) is 162 cm³/mol. The number of sulfonamides is 1. The number of benzene rings is 2. The summed E-state index contributed by atoms with van der Waals surface area (Å²) in [5.41, 5.74) is 2.74. The zero-order chi connectivity index (χ0) is 31.8. The first kappa shape index (κ1) is 31.0. The van der Waals surface area contributed by atoms with Gasteiger partial charge in [0.05, 0.1) is 23.2 Å². The van der Waals surface area contributed by atoms with Crippen molar-refractivity contribution in [2.24, 2.45) is 7.05 Å². The molecule has 3 heterocycles. The number of anilines is 2. The summed E-state index contributed by atoms with van der Waals surface area (Å²) in [6, 6.07) is 10.8. The van der Waals surface area contributed by atoms with E-state index in [1.54, 1.807) is 41.0 Å². The Morgan fingerprint density at radius 1 is 1.05 bits per heavy atom. The number of aryl methyl sites for hydroxylation is 1. The highest BCUT2D eigenvalue weighted by Crippen LogP contribution is 2.35. The van der Waals surface area contributed by atoms with Crippen molar-refractivity contribution in [2.45, 2.75) is 19.4 Å². The maximum absolute atomic E-state index is 13.8. The summed E-state index contributed by atoms with van der Waals surface area (Å²) in [4.78, 5) is 31.2. The number of amides is 2. The zero-order valence-electron chi connectivity index (χ0n) is 23.9. The van der Waals surface area contributed by atoms with Crippen LogP contribution >= 0.6 is 11.6 Å². The van der Waals surface area contributed by atoms with Crippen molar-refractivity contribution >= 4 is 44.8 Å². The number of carbonyl (C=O) groups is 2. The molecule has 10 nitrogen and oxygen atoms in total. The number of nitrogens with one attached hydrogen (secondary N) is 2. The van der Waals surface area contributed by atoms with Crippen LogP contribution in [-0.4, -0.2) is 54.0 Å². The molecular formula is C30H28ClF2N5O5S. The van der Waals surface area contributed by atoms with Crippen LogP contribution in [0.15, 0.2) is 60.9 Å². The van der Waals surface area contributed by atoms with Crippen molar-refractivity contribution in [3.8, 4) is 17.1 Å². The second-order valence-corrected chi connectivity index (χ2v) is 12.8. The normalized spacial score (nSPS) is 13.4. The van der Waals surface area contributed by atoms with E-state index in [0.717, 1.165) is 17.9 Å². The van der Waals surface area contributed by atoms with Crippen LogP contribution in [0.3, 0.4) is 0 Å². The molecule has 0 aliphatic carbocycles.